The monoisotopic (exact) mass is 391 g/mol. The fourth-order valence-corrected chi connectivity index (χ4v) is 2.81. The van der Waals surface area contributed by atoms with E-state index in [0.29, 0.717) is 23.7 Å². The molecule has 0 aliphatic rings. The summed E-state index contributed by atoms with van der Waals surface area (Å²) < 4.78 is 10.7. The number of rotatable bonds is 9. The number of aromatic nitrogens is 1. The zero-order valence-electron chi connectivity index (χ0n) is 16.6. The molecule has 1 aromatic heterocycles. The lowest BCUT2D eigenvalue weighted by Gasteiger charge is -2.11. The second-order valence-electron chi connectivity index (χ2n) is 6.34. The molecule has 150 valence electrons. The Hall–Kier alpha value is -3.54. The second kappa shape index (κ2) is 10.1. The van der Waals surface area contributed by atoms with Gasteiger partial charge in [-0.05, 0) is 55.3 Å². The molecule has 6 nitrogen and oxygen atoms in total. The fourth-order valence-electron chi connectivity index (χ4n) is 2.81. The molecule has 2 aromatic carbocycles. The number of methoxy groups -OCH3 is 1. The standard InChI is InChI=1S/C23H25N3O3/c1-3-29-22-7-5-4-6-20(22)26-23(27)21-13-10-18(16-25-21)24-15-14-17-8-11-19(28-2)12-9-17/h4-13,16,24H,3,14-15H2,1-2H3,(H,26,27). The van der Waals surface area contributed by atoms with Gasteiger partial charge in [0.1, 0.15) is 17.2 Å². The highest BCUT2D eigenvalue weighted by atomic mass is 16.5. The quantitative estimate of drug-likeness (QED) is 0.566. The van der Waals surface area contributed by atoms with Gasteiger partial charge in [0.25, 0.3) is 5.91 Å². The van der Waals surface area contributed by atoms with Crippen LogP contribution in [0.3, 0.4) is 0 Å². The van der Waals surface area contributed by atoms with Crippen LogP contribution < -0.4 is 20.1 Å². The molecule has 0 atom stereocenters. The van der Waals surface area contributed by atoms with Gasteiger partial charge in [0, 0.05) is 6.54 Å². The first-order chi connectivity index (χ1) is 14.2. The van der Waals surface area contributed by atoms with Crippen LogP contribution in [0.15, 0.2) is 66.9 Å². The lowest BCUT2D eigenvalue weighted by Crippen LogP contribution is -2.15. The maximum absolute atomic E-state index is 12.5. The zero-order valence-corrected chi connectivity index (χ0v) is 16.6. The van der Waals surface area contributed by atoms with Crippen molar-refractivity contribution in [1.29, 1.82) is 0 Å². The third kappa shape index (κ3) is 5.72. The number of amides is 1. The van der Waals surface area contributed by atoms with Crippen LogP contribution in [0.25, 0.3) is 0 Å². The van der Waals surface area contributed by atoms with Crippen molar-refractivity contribution in [3.63, 3.8) is 0 Å². The van der Waals surface area contributed by atoms with Gasteiger partial charge in [-0.25, -0.2) is 4.98 Å². The Morgan fingerprint density at radius 1 is 1.03 bits per heavy atom. The molecule has 0 saturated carbocycles. The average Bonchev–Trinajstić information content (AvgIpc) is 2.76. The molecule has 0 spiro atoms. The lowest BCUT2D eigenvalue weighted by molar-refractivity contribution is 0.102. The van der Waals surface area contributed by atoms with E-state index < -0.39 is 0 Å². The topological polar surface area (TPSA) is 72.5 Å². The van der Waals surface area contributed by atoms with Crippen LogP contribution in [-0.4, -0.2) is 31.2 Å². The van der Waals surface area contributed by atoms with E-state index in [1.54, 1.807) is 25.4 Å². The Morgan fingerprint density at radius 2 is 1.83 bits per heavy atom. The fraction of sp³-hybridized carbons (Fsp3) is 0.217. The summed E-state index contributed by atoms with van der Waals surface area (Å²) in [6, 6.07) is 18.9. The Morgan fingerprint density at radius 3 is 2.52 bits per heavy atom. The minimum absolute atomic E-state index is 0.276. The highest BCUT2D eigenvalue weighted by molar-refractivity contribution is 6.03. The maximum atomic E-state index is 12.5. The van der Waals surface area contributed by atoms with Crippen LogP contribution in [0.2, 0.25) is 0 Å². The van der Waals surface area contributed by atoms with Gasteiger partial charge in [-0.1, -0.05) is 24.3 Å². The van der Waals surface area contributed by atoms with Crippen molar-refractivity contribution < 1.29 is 14.3 Å². The number of pyridine rings is 1. The number of hydrogen-bond donors (Lipinski definition) is 2. The summed E-state index contributed by atoms with van der Waals surface area (Å²) in [5.74, 6) is 1.21. The van der Waals surface area contributed by atoms with E-state index in [2.05, 4.69) is 15.6 Å². The van der Waals surface area contributed by atoms with E-state index >= 15 is 0 Å². The van der Waals surface area contributed by atoms with Crippen LogP contribution in [0, 0.1) is 0 Å². The summed E-state index contributed by atoms with van der Waals surface area (Å²) in [5, 5.41) is 6.17. The first-order valence-electron chi connectivity index (χ1n) is 9.55. The number of carbonyl (C=O) groups excluding carboxylic acids is 1. The average molecular weight is 391 g/mol. The number of anilines is 2. The third-order valence-electron chi connectivity index (χ3n) is 4.33. The first-order valence-corrected chi connectivity index (χ1v) is 9.55. The normalized spacial score (nSPS) is 10.3. The summed E-state index contributed by atoms with van der Waals surface area (Å²) in [6.07, 6.45) is 2.54. The molecule has 1 amide bonds. The van der Waals surface area contributed by atoms with Gasteiger partial charge in [-0.3, -0.25) is 4.79 Å². The van der Waals surface area contributed by atoms with Crippen molar-refractivity contribution in [2.45, 2.75) is 13.3 Å². The van der Waals surface area contributed by atoms with Crippen molar-refractivity contribution in [2.24, 2.45) is 0 Å². The van der Waals surface area contributed by atoms with Gasteiger partial charge >= 0.3 is 0 Å². The Balaban J connectivity index is 1.53. The molecule has 0 bridgehead atoms. The molecular weight excluding hydrogens is 366 g/mol. The molecule has 0 aliphatic heterocycles. The van der Waals surface area contributed by atoms with Gasteiger partial charge in [0.2, 0.25) is 0 Å². The predicted octanol–water partition coefficient (Wildman–Crippen LogP) is 4.40. The molecule has 1 heterocycles. The highest BCUT2D eigenvalue weighted by Gasteiger charge is 2.10. The van der Waals surface area contributed by atoms with Gasteiger partial charge in [0.05, 0.1) is 31.3 Å². The molecule has 3 aromatic rings. The molecule has 0 fully saturated rings. The van der Waals surface area contributed by atoms with Gasteiger partial charge < -0.3 is 20.1 Å². The molecule has 0 aliphatic carbocycles. The van der Waals surface area contributed by atoms with Crippen molar-refractivity contribution >= 4 is 17.3 Å². The number of nitrogens with one attached hydrogen (secondary N) is 2. The summed E-state index contributed by atoms with van der Waals surface area (Å²) in [4.78, 5) is 16.7. The van der Waals surface area contributed by atoms with E-state index in [4.69, 9.17) is 9.47 Å². The van der Waals surface area contributed by atoms with Crippen LogP contribution in [0.4, 0.5) is 11.4 Å². The molecule has 3 rings (SSSR count). The SMILES string of the molecule is CCOc1ccccc1NC(=O)c1ccc(NCCc2ccc(OC)cc2)cn1. The van der Waals surface area contributed by atoms with E-state index in [-0.39, 0.29) is 5.91 Å². The Kier molecular flexibility index (Phi) is 7.05. The summed E-state index contributed by atoms with van der Waals surface area (Å²) in [7, 11) is 1.66. The summed E-state index contributed by atoms with van der Waals surface area (Å²) in [5.41, 5.74) is 3.06. The molecule has 6 heteroatoms. The molecule has 2 N–H and O–H groups in total. The highest BCUT2D eigenvalue weighted by Crippen LogP contribution is 2.24. The number of benzene rings is 2. The minimum atomic E-state index is -0.276. The molecule has 0 radical (unpaired) electrons. The largest absolute Gasteiger partial charge is 0.497 e. The number of hydrogen-bond acceptors (Lipinski definition) is 5. The van der Waals surface area contributed by atoms with Crippen LogP contribution in [0.5, 0.6) is 11.5 Å². The Bertz CT molecular complexity index is 925. The lowest BCUT2D eigenvalue weighted by atomic mass is 10.1. The molecule has 0 unspecified atom stereocenters. The summed E-state index contributed by atoms with van der Waals surface area (Å²) >= 11 is 0. The van der Waals surface area contributed by atoms with E-state index in [0.717, 1.165) is 24.4 Å². The predicted molar refractivity (Wildman–Crippen MR) is 115 cm³/mol. The smallest absolute Gasteiger partial charge is 0.274 e. The van der Waals surface area contributed by atoms with Crippen LogP contribution >= 0.6 is 0 Å². The van der Waals surface area contributed by atoms with Crippen molar-refractivity contribution in [1.82, 2.24) is 4.98 Å². The van der Waals surface area contributed by atoms with Gasteiger partial charge in [-0.2, -0.15) is 0 Å². The second-order valence-corrected chi connectivity index (χ2v) is 6.34. The van der Waals surface area contributed by atoms with E-state index in [1.807, 2.05) is 55.5 Å². The Labute approximate surface area is 170 Å². The first kappa shape index (κ1) is 20.2. The number of ether oxygens (including phenoxy) is 2. The van der Waals surface area contributed by atoms with Crippen LogP contribution in [0.1, 0.15) is 23.0 Å². The third-order valence-corrected chi connectivity index (χ3v) is 4.33. The maximum Gasteiger partial charge on any atom is 0.274 e. The van der Waals surface area contributed by atoms with Crippen LogP contribution in [-0.2, 0) is 6.42 Å². The molecule has 0 saturated heterocycles. The van der Waals surface area contributed by atoms with Crippen molar-refractivity contribution in [3.8, 4) is 11.5 Å². The minimum Gasteiger partial charge on any atom is -0.497 e. The number of carbonyl (C=O) groups is 1. The van der Waals surface area contributed by atoms with Gasteiger partial charge in [0.15, 0.2) is 0 Å². The zero-order chi connectivity index (χ0) is 20.5. The molecular formula is C23H25N3O3. The number of nitrogens with zero attached hydrogens (tertiary/aromatic N) is 1. The summed E-state index contributed by atoms with van der Waals surface area (Å²) in [6.45, 7) is 3.20. The number of para-hydroxylation sites is 2. The van der Waals surface area contributed by atoms with E-state index in [9.17, 15) is 4.79 Å². The van der Waals surface area contributed by atoms with Crippen molar-refractivity contribution in [2.75, 3.05) is 30.9 Å². The van der Waals surface area contributed by atoms with Gasteiger partial charge in [-0.15, -0.1) is 0 Å². The van der Waals surface area contributed by atoms with Crippen molar-refractivity contribution in [3.05, 3.63) is 78.1 Å². The van der Waals surface area contributed by atoms with E-state index in [1.165, 1.54) is 5.56 Å². The molecule has 29 heavy (non-hydrogen) atoms.